The van der Waals surface area contributed by atoms with E-state index >= 15 is 0 Å². The highest BCUT2D eigenvalue weighted by atomic mass is 32.2. The summed E-state index contributed by atoms with van der Waals surface area (Å²) in [5.74, 6) is 0.768. The van der Waals surface area contributed by atoms with Gasteiger partial charge in [0.05, 0.1) is 16.1 Å². The minimum absolute atomic E-state index is 0.0912. The van der Waals surface area contributed by atoms with Crippen LogP contribution in [0.15, 0.2) is 46.3 Å². The maximum atomic E-state index is 13.0. The number of carbonyl (C=O) groups excluding carboxylic acids is 1. The van der Waals surface area contributed by atoms with E-state index in [9.17, 15) is 9.59 Å². The zero-order valence-electron chi connectivity index (χ0n) is 15.9. The largest absolute Gasteiger partial charge is 0.325 e. The number of rotatable bonds is 4. The van der Waals surface area contributed by atoms with E-state index in [0.29, 0.717) is 16.4 Å². The molecule has 3 aromatic rings. The third-order valence-electron chi connectivity index (χ3n) is 4.56. The second-order valence-corrected chi connectivity index (χ2v) is 9.03. The molecule has 0 radical (unpaired) electrons. The van der Waals surface area contributed by atoms with E-state index in [2.05, 4.69) is 11.9 Å². The molecule has 8 heteroatoms. The fourth-order valence-corrected chi connectivity index (χ4v) is 5.09. The summed E-state index contributed by atoms with van der Waals surface area (Å²) in [5, 5.41) is 5.31. The molecule has 6 nitrogen and oxygen atoms in total. The van der Waals surface area contributed by atoms with Crippen molar-refractivity contribution in [3.63, 3.8) is 0 Å². The molecular formula is C20H21N4O2S2+. The van der Waals surface area contributed by atoms with Crippen LogP contribution in [0.25, 0.3) is 11.3 Å². The lowest BCUT2D eigenvalue weighted by Gasteiger charge is -2.30. The van der Waals surface area contributed by atoms with Crippen molar-refractivity contribution in [1.82, 2.24) is 10.1 Å². The number of amides is 1. The summed E-state index contributed by atoms with van der Waals surface area (Å²) >= 11 is 3.12. The Morgan fingerprint density at radius 3 is 2.79 bits per heavy atom. The van der Waals surface area contributed by atoms with Crippen molar-refractivity contribution in [3.8, 4) is 11.3 Å². The number of aromatic nitrogens is 3. The summed E-state index contributed by atoms with van der Waals surface area (Å²) in [5.41, 5.74) is 1.72. The molecule has 0 bridgehead atoms. The minimum Gasteiger partial charge on any atom is -0.291 e. The summed E-state index contributed by atoms with van der Waals surface area (Å²) in [4.78, 5) is 32.5. The monoisotopic (exact) mass is 413 g/mol. The second kappa shape index (κ2) is 7.52. The van der Waals surface area contributed by atoms with Crippen molar-refractivity contribution >= 4 is 34.7 Å². The van der Waals surface area contributed by atoms with E-state index in [1.807, 2.05) is 43.3 Å². The van der Waals surface area contributed by atoms with Crippen molar-refractivity contribution < 1.29 is 9.48 Å². The number of H-pyrrole nitrogens is 1. The van der Waals surface area contributed by atoms with E-state index < -0.39 is 6.17 Å². The number of nitrogens with one attached hydrogen (secondary N) is 1. The Balaban J connectivity index is 2.02. The lowest BCUT2D eigenvalue weighted by Crippen LogP contribution is -2.60. The van der Waals surface area contributed by atoms with Crippen LogP contribution in [-0.4, -0.2) is 21.7 Å². The predicted octanol–water partition coefficient (Wildman–Crippen LogP) is 3.51. The Kier molecular flexibility index (Phi) is 5.07. The van der Waals surface area contributed by atoms with E-state index in [1.165, 1.54) is 11.8 Å². The number of para-hydroxylation sites is 1. The first-order valence-corrected chi connectivity index (χ1v) is 11.0. The molecule has 1 atom stereocenters. The van der Waals surface area contributed by atoms with Gasteiger partial charge in [-0.05, 0) is 42.3 Å². The number of fused-ring (bicyclic) bond motifs is 3. The predicted molar refractivity (Wildman–Crippen MR) is 112 cm³/mol. The minimum atomic E-state index is -0.482. The SMILES string of the molecule is CCCSc1n[n+]2c(c(=O)[nH]1)-c1ccccc1N(C(C)=O)[C@H]2c1ccc(C)s1. The van der Waals surface area contributed by atoms with Gasteiger partial charge in [0.25, 0.3) is 0 Å². The van der Waals surface area contributed by atoms with Crippen molar-refractivity contribution in [1.29, 1.82) is 0 Å². The van der Waals surface area contributed by atoms with Gasteiger partial charge in [0, 0.05) is 22.7 Å². The first-order valence-electron chi connectivity index (χ1n) is 9.15. The zero-order valence-corrected chi connectivity index (χ0v) is 17.6. The van der Waals surface area contributed by atoms with Gasteiger partial charge in [0.2, 0.25) is 11.1 Å². The molecule has 0 saturated carbocycles. The molecule has 0 fully saturated rings. The molecule has 4 rings (SSSR count). The average molecular weight is 414 g/mol. The van der Waals surface area contributed by atoms with Gasteiger partial charge in [0.1, 0.15) is 0 Å². The van der Waals surface area contributed by atoms with Crippen LogP contribution in [0.3, 0.4) is 0 Å². The van der Waals surface area contributed by atoms with Crippen LogP contribution in [0.5, 0.6) is 0 Å². The number of hydrogen-bond donors (Lipinski definition) is 1. The fraction of sp³-hybridized carbons (Fsp3) is 0.300. The Morgan fingerprint density at radius 1 is 1.32 bits per heavy atom. The number of hydrogen-bond acceptors (Lipinski definition) is 5. The summed E-state index contributed by atoms with van der Waals surface area (Å²) in [6, 6.07) is 11.5. The summed E-state index contributed by atoms with van der Waals surface area (Å²) < 4.78 is 1.71. The molecule has 0 unspecified atom stereocenters. The molecule has 1 aromatic carbocycles. The number of nitrogens with zero attached hydrogens (tertiary/aromatic N) is 3. The number of carbonyl (C=O) groups is 1. The van der Waals surface area contributed by atoms with Crippen molar-refractivity contribution in [3.05, 3.63) is 56.5 Å². The highest BCUT2D eigenvalue weighted by Gasteiger charge is 2.45. The molecule has 2 aromatic heterocycles. The van der Waals surface area contributed by atoms with Gasteiger partial charge < -0.3 is 0 Å². The molecule has 144 valence electrons. The lowest BCUT2D eigenvalue weighted by molar-refractivity contribution is -0.762. The maximum absolute atomic E-state index is 13.0. The van der Waals surface area contributed by atoms with E-state index in [-0.39, 0.29) is 11.5 Å². The normalized spacial score (nSPS) is 15.2. The lowest BCUT2D eigenvalue weighted by atomic mass is 10.0. The van der Waals surface area contributed by atoms with E-state index in [4.69, 9.17) is 5.10 Å². The number of anilines is 1. The van der Waals surface area contributed by atoms with Crippen molar-refractivity contribution in [2.75, 3.05) is 10.7 Å². The molecule has 1 N–H and O–H groups in total. The average Bonchev–Trinajstić information content (AvgIpc) is 3.10. The van der Waals surface area contributed by atoms with Crippen LogP contribution in [0.4, 0.5) is 5.69 Å². The van der Waals surface area contributed by atoms with E-state index in [1.54, 1.807) is 27.8 Å². The first kappa shape index (κ1) is 18.9. The summed E-state index contributed by atoms with van der Waals surface area (Å²) in [7, 11) is 0. The Hall–Kier alpha value is -2.45. The van der Waals surface area contributed by atoms with Crippen LogP contribution < -0.4 is 15.1 Å². The molecule has 1 aliphatic rings. The van der Waals surface area contributed by atoms with Crippen LogP contribution in [0.2, 0.25) is 0 Å². The smallest absolute Gasteiger partial charge is 0.291 e. The number of benzene rings is 1. The molecular weight excluding hydrogens is 392 g/mol. The molecule has 0 spiro atoms. The number of thiophene rings is 1. The molecule has 0 aliphatic carbocycles. The van der Waals surface area contributed by atoms with Gasteiger partial charge in [-0.3, -0.25) is 14.6 Å². The quantitative estimate of drug-likeness (QED) is 0.525. The van der Waals surface area contributed by atoms with Gasteiger partial charge in [-0.25, -0.2) is 4.90 Å². The third kappa shape index (κ3) is 3.16. The van der Waals surface area contributed by atoms with Crippen LogP contribution in [0, 0.1) is 6.92 Å². The summed E-state index contributed by atoms with van der Waals surface area (Å²) in [6.45, 7) is 5.67. The van der Waals surface area contributed by atoms with Gasteiger partial charge in [-0.1, -0.05) is 30.8 Å². The third-order valence-corrected chi connectivity index (χ3v) is 6.67. The van der Waals surface area contributed by atoms with Crippen LogP contribution >= 0.6 is 23.1 Å². The van der Waals surface area contributed by atoms with Crippen LogP contribution in [-0.2, 0) is 4.79 Å². The highest BCUT2D eigenvalue weighted by Crippen LogP contribution is 2.38. The standard InChI is InChI=1S/C20H20N4O2S2/c1-4-11-27-20-21-18(26)17-14-7-5-6-8-15(14)23(13(3)25)19(24(17)22-20)16-10-9-12(2)28-16/h5-10,19H,4,11H2,1-3H3/p+1/t19-/m1/s1. The van der Waals surface area contributed by atoms with Crippen molar-refractivity contribution in [2.24, 2.45) is 0 Å². The molecule has 28 heavy (non-hydrogen) atoms. The van der Waals surface area contributed by atoms with Crippen molar-refractivity contribution in [2.45, 2.75) is 38.5 Å². The maximum Gasteiger partial charge on any atom is 0.325 e. The Labute approximate surface area is 171 Å². The second-order valence-electron chi connectivity index (χ2n) is 6.63. The fourth-order valence-electron chi connectivity index (χ4n) is 3.43. The Bertz CT molecular complexity index is 1110. The van der Waals surface area contributed by atoms with Gasteiger partial charge in [-0.15, -0.1) is 11.3 Å². The number of aryl methyl sites for hydroxylation is 1. The number of thioether (sulfide) groups is 1. The summed E-state index contributed by atoms with van der Waals surface area (Å²) in [6.07, 6.45) is 0.496. The molecule has 3 heterocycles. The first-order chi connectivity index (χ1) is 13.5. The van der Waals surface area contributed by atoms with Gasteiger partial charge in [0.15, 0.2) is 0 Å². The molecule has 0 saturated heterocycles. The van der Waals surface area contributed by atoms with Crippen LogP contribution in [0.1, 0.15) is 36.2 Å². The number of aromatic amines is 1. The van der Waals surface area contributed by atoms with Gasteiger partial charge in [-0.2, -0.15) is 0 Å². The zero-order chi connectivity index (χ0) is 19.8. The Morgan fingerprint density at radius 2 is 2.11 bits per heavy atom. The highest BCUT2D eigenvalue weighted by molar-refractivity contribution is 7.99. The molecule has 1 aliphatic heterocycles. The van der Waals surface area contributed by atoms with Gasteiger partial charge >= 0.3 is 17.4 Å². The van der Waals surface area contributed by atoms with E-state index in [0.717, 1.165) is 27.6 Å². The molecule has 1 amide bonds. The topological polar surface area (TPSA) is 69.9 Å².